The Balaban J connectivity index is 1.67. The number of hydrogen-bond acceptors (Lipinski definition) is 2. The molecule has 1 fully saturated rings. The first kappa shape index (κ1) is 22.8. The zero-order valence-electron chi connectivity index (χ0n) is 19.5. The van der Waals surface area contributed by atoms with Crippen LogP contribution in [0.2, 0.25) is 0 Å². The summed E-state index contributed by atoms with van der Waals surface area (Å²) in [7, 11) is 0. The highest BCUT2D eigenvalue weighted by Gasteiger charge is 2.42. The Morgan fingerprint density at radius 3 is 2.44 bits per heavy atom. The zero-order chi connectivity index (χ0) is 23.8. The summed E-state index contributed by atoms with van der Waals surface area (Å²) in [6.45, 7) is 6.53. The third kappa shape index (κ3) is 4.05. The van der Waals surface area contributed by atoms with Crippen LogP contribution in [0.3, 0.4) is 0 Å². The summed E-state index contributed by atoms with van der Waals surface area (Å²) in [6.07, 6.45) is 2.86. The molecule has 6 heteroatoms. The molecule has 0 bridgehead atoms. The third-order valence-electron chi connectivity index (χ3n) is 6.58. The molecule has 3 heterocycles. The van der Waals surface area contributed by atoms with Gasteiger partial charge in [0.25, 0.3) is 0 Å². The SMILES string of the molecule is CCc1ccc(N2C(=S)NC(c3ccccn3)C2c2cc(C)n(-c3cccc(Br)c3)c2C)cc1. The fourth-order valence-corrected chi connectivity index (χ4v) is 5.67. The van der Waals surface area contributed by atoms with Gasteiger partial charge in [-0.05, 0) is 92.1 Å². The van der Waals surface area contributed by atoms with Crippen LogP contribution < -0.4 is 10.2 Å². The number of pyridine rings is 1. The van der Waals surface area contributed by atoms with Crippen molar-refractivity contribution < 1.29 is 0 Å². The van der Waals surface area contributed by atoms with Crippen LogP contribution in [-0.4, -0.2) is 14.7 Å². The van der Waals surface area contributed by atoms with Crippen LogP contribution >= 0.6 is 28.1 Å². The van der Waals surface area contributed by atoms with E-state index >= 15 is 0 Å². The number of nitrogens with one attached hydrogen (secondary N) is 1. The smallest absolute Gasteiger partial charge is 0.174 e. The molecule has 0 spiro atoms. The molecule has 34 heavy (non-hydrogen) atoms. The van der Waals surface area contributed by atoms with Crippen LogP contribution in [0.5, 0.6) is 0 Å². The Bertz CT molecular complexity index is 1330. The Hall–Kier alpha value is -2.96. The van der Waals surface area contributed by atoms with Crippen LogP contribution in [0.15, 0.2) is 83.5 Å². The molecule has 4 aromatic rings. The molecule has 2 aromatic heterocycles. The van der Waals surface area contributed by atoms with E-state index in [1.54, 1.807) is 0 Å². The lowest BCUT2D eigenvalue weighted by Gasteiger charge is -2.28. The highest BCUT2D eigenvalue weighted by Crippen LogP contribution is 2.43. The second-order valence-corrected chi connectivity index (χ2v) is 9.96. The highest BCUT2D eigenvalue weighted by atomic mass is 79.9. The van der Waals surface area contributed by atoms with Gasteiger partial charge in [0.1, 0.15) is 0 Å². The van der Waals surface area contributed by atoms with E-state index in [1.807, 2.05) is 18.3 Å². The van der Waals surface area contributed by atoms with Gasteiger partial charge in [0.2, 0.25) is 0 Å². The third-order valence-corrected chi connectivity index (χ3v) is 7.38. The van der Waals surface area contributed by atoms with Crippen molar-refractivity contribution >= 4 is 38.9 Å². The zero-order valence-corrected chi connectivity index (χ0v) is 21.9. The molecule has 1 saturated heterocycles. The Morgan fingerprint density at radius 1 is 0.971 bits per heavy atom. The number of halogens is 1. The van der Waals surface area contributed by atoms with Gasteiger partial charge < -0.3 is 14.8 Å². The first-order chi connectivity index (χ1) is 16.5. The maximum absolute atomic E-state index is 5.91. The van der Waals surface area contributed by atoms with E-state index in [4.69, 9.17) is 17.2 Å². The number of anilines is 1. The van der Waals surface area contributed by atoms with E-state index in [1.165, 1.54) is 22.5 Å². The molecule has 2 atom stereocenters. The van der Waals surface area contributed by atoms with Gasteiger partial charge in [-0.2, -0.15) is 0 Å². The number of benzene rings is 2. The number of thiocarbonyl (C=S) groups is 1. The molecular formula is C28H27BrN4S. The van der Waals surface area contributed by atoms with E-state index in [-0.39, 0.29) is 12.1 Å². The number of hydrogen-bond donors (Lipinski definition) is 1. The van der Waals surface area contributed by atoms with Gasteiger partial charge in [0.05, 0.1) is 17.8 Å². The standard InChI is InChI=1S/C28H27BrN4S/c1-4-20-11-13-22(14-12-20)33-27(26(31-28(33)34)25-10-5-6-15-30-25)24-16-18(2)32(19(24)3)23-9-7-8-21(29)17-23/h5-17,26-27H,4H2,1-3H3,(H,31,34). The van der Waals surface area contributed by atoms with Crippen molar-refractivity contribution in [2.75, 3.05) is 4.90 Å². The summed E-state index contributed by atoms with van der Waals surface area (Å²) in [4.78, 5) is 6.94. The predicted molar refractivity (Wildman–Crippen MR) is 147 cm³/mol. The maximum Gasteiger partial charge on any atom is 0.174 e. The summed E-state index contributed by atoms with van der Waals surface area (Å²) in [5.74, 6) is 0. The van der Waals surface area contributed by atoms with E-state index < -0.39 is 0 Å². The van der Waals surface area contributed by atoms with Crippen LogP contribution in [0.25, 0.3) is 5.69 Å². The highest BCUT2D eigenvalue weighted by molar-refractivity contribution is 9.10. The van der Waals surface area contributed by atoms with Gasteiger partial charge in [-0.15, -0.1) is 0 Å². The lowest BCUT2D eigenvalue weighted by atomic mass is 9.96. The molecule has 0 amide bonds. The Labute approximate surface area is 214 Å². The predicted octanol–water partition coefficient (Wildman–Crippen LogP) is 6.99. The van der Waals surface area contributed by atoms with Crippen LogP contribution in [0, 0.1) is 13.8 Å². The molecule has 5 rings (SSSR count). The first-order valence-corrected chi connectivity index (χ1v) is 12.7. The largest absolute Gasteiger partial charge is 0.351 e. The molecular weight excluding hydrogens is 504 g/mol. The number of nitrogens with zero attached hydrogens (tertiary/aromatic N) is 3. The van der Waals surface area contributed by atoms with E-state index in [2.05, 4.69) is 112 Å². The maximum atomic E-state index is 5.91. The molecule has 2 aromatic carbocycles. The molecule has 0 aliphatic carbocycles. The second kappa shape index (κ2) is 9.35. The van der Waals surface area contributed by atoms with Crippen LogP contribution in [0.4, 0.5) is 5.69 Å². The second-order valence-electron chi connectivity index (χ2n) is 8.66. The molecule has 1 N–H and O–H groups in total. The van der Waals surface area contributed by atoms with Crippen LogP contribution in [-0.2, 0) is 6.42 Å². The minimum atomic E-state index is -0.0592. The topological polar surface area (TPSA) is 33.1 Å². The number of rotatable bonds is 5. The molecule has 0 radical (unpaired) electrons. The van der Waals surface area contributed by atoms with Crippen molar-refractivity contribution in [3.05, 3.63) is 112 Å². The fraction of sp³-hybridized carbons (Fsp3) is 0.214. The Kier molecular flexibility index (Phi) is 6.28. The van der Waals surface area contributed by atoms with Gasteiger partial charge in [0, 0.05) is 33.4 Å². The molecule has 4 nitrogen and oxygen atoms in total. The first-order valence-electron chi connectivity index (χ1n) is 11.5. The van der Waals surface area contributed by atoms with Crippen molar-refractivity contribution in [1.29, 1.82) is 0 Å². The molecule has 0 saturated carbocycles. The van der Waals surface area contributed by atoms with Gasteiger partial charge in [-0.25, -0.2) is 0 Å². The monoisotopic (exact) mass is 530 g/mol. The van der Waals surface area contributed by atoms with E-state index in [0.717, 1.165) is 33.1 Å². The minimum absolute atomic E-state index is 0.0259. The summed E-state index contributed by atoms with van der Waals surface area (Å²) in [5.41, 5.74) is 8.14. The molecule has 1 aliphatic heterocycles. The average Bonchev–Trinajstić information content (AvgIpc) is 3.34. The van der Waals surface area contributed by atoms with Gasteiger partial charge in [-0.3, -0.25) is 4.98 Å². The summed E-state index contributed by atoms with van der Waals surface area (Å²) >= 11 is 9.53. The van der Waals surface area contributed by atoms with Crippen LogP contribution in [0.1, 0.15) is 47.2 Å². The average molecular weight is 532 g/mol. The van der Waals surface area contributed by atoms with Crippen molar-refractivity contribution in [2.24, 2.45) is 0 Å². The van der Waals surface area contributed by atoms with Gasteiger partial charge in [-0.1, -0.05) is 47.1 Å². The minimum Gasteiger partial charge on any atom is -0.351 e. The summed E-state index contributed by atoms with van der Waals surface area (Å²) in [6, 6.07) is 25.4. The van der Waals surface area contributed by atoms with Crippen molar-refractivity contribution in [3.8, 4) is 5.69 Å². The van der Waals surface area contributed by atoms with Gasteiger partial charge in [0.15, 0.2) is 5.11 Å². The molecule has 1 aliphatic rings. The van der Waals surface area contributed by atoms with E-state index in [0.29, 0.717) is 0 Å². The van der Waals surface area contributed by atoms with Crippen molar-refractivity contribution in [3.63, 3.8) is 0 Å². The lowest BCUT2D eigenvalue weighted by Crippen LogP contribution is -2.29. The van der Waals surface area contributed by atoms with Crippen molar-refractivity contribution in [1.82, 2.24) is 14.9 Å². The van der Waals surface area contributed by atoms with E-state index in [9.17, 15) is 0 Å². The normalized spacial score (nSPS) is 17.8. The number of aromatic nitrogens is 2. The van der Waals surface area contributed by atoms with Gasteiger partial charge >= 0.3 is 0 Å². The quantitative estimate of drug-likeness (QED) is 0.282. The molecule has 2 unspecified atom stereocenters. The molecule has 172 valence electrons. The summed E-state index contributed by atoms with van der Waals surface area (Å²) in [5, 5.41) is 4.30. The summed E-state index contributed by atoms with van der Waals surface area (Å²) < 4.78 is 3.38. The Morgan fingerprint density at radius 2 is 1.76 bits per heavy atom. The number of aryl methyl sites for hydroxylation is 2. The van der Waals surface area contributed by atoms with Crippen molar-refractivity contribution in [2.45, 2.75) is 39.3 Å². The fourth-order valence-electron chi connectivity index (χ4n) is 4.94. The lowest BCUT2D eigenvalue weighted by molar-refractivity contribution is 0.565.